The third-order valence-corrected chi connectivity index (χ3v) is 4.96. The van der Waals surface area contributed by atoms with Crippen LogP contribution in [-0.2, 0) is 24.2 Å². The monoisotopic (exact) mass is 390 g/mol. The molecule has 0 aliphatic rings. The number of aryl methyl sites for hydroxylation is 2. The van der Waals surface area contributed by atoms with Crippen molar-refractivity contribution in [3.63, 3.8) is 0 Å². The zero-order chi connectivity index (χ0) is 19.5. The number of nitrogens with one attached hydrogen (secondary N) is 2. The summed E-state index contributed by atoms with van der Waals surface area (Å²) in [4.78, 5) is 8.86. The predicted octanol–water partition coefficient (Wildman–Crippen LogP) is 3.29. The van der Waals surface area contributed by atoms with Gasteiger partial charge < -0.3 is 20.1 Å². The number of benzene rings is 1. The highest BCUT2D eigenvalue weighted by atomic mass is 32.1. The first-order chi connectivity index (χ1) is 13.2. The highest BCUT2D eigenvalue weighted by Gasteiger charge is 2.07. The Morgan fingerprint density at radius 2 is 2.00 bits per heavy atom. The highest BCUT2D eigenvalue weighted by Crippen LogP contribution is 2.20. The van der Waals surface area contributed by atoms with Crippen LogP contribution in [0.3, 0.4) is 0 Å². The van der Waals surface area contributed by atoms with Gasteiger partial charge in [-0.1, -0.05) is 19.1 Å². The maximum Gasteiger partial charge on any atom is 0.191 e. The minimum Gasteiger partial charge on any atom is -0.491 e. The van der Waals surface area contributed by atoms with Gasteiger partial charge >= 0.3 is 0 Å². The summed E-state index contributed by atoms with van der Waals surface area (Å²) in [6.45, 7) is 9.27. The Hall–Kier alpha value is -2.12. The first kappa shape index (κ1) is 21.2. The maximum absolute atomic E-state index is 5.90. The first-order valence-electron chi connectivity index (χ1n) is 9.34. The van der Waals surface area contributed by atoms with Gasteiger partial charge in [0.25, 0.3) is 0 Å². The largest absolute Gasteiger partial charge is 0.491 e. The van der Waals surface area contributed by atoms with E-state index in [9.17, 15) is 0 Å². The summed E-state index contributed by atoms with van der Waals surface area (Å²) < 4.78 is 11.2. The molecule has 0 spiro atoms. The molecule has 0 saturated heterocycles. The van der Waals surface area contributed by atoms with Crippen molar-refractivity contribution < 1.29 is 9.47 Å². The number of ether oxygens (including phenoxy) is 2. The molecule has 0 saturated carbocycles. The van der Waals surface area contributed by atoms with Crippen molar-refractivity contribution in [3.8, 4) is 5.75 Å². The van der Waals surface area contributed by atoms with Gasteiger partial charge in [-0.25, -0.2) is 4.98 Å². The van der Waals surface area contributed by atoms with Crippen LogP contribution in [0.4, 0.5) is 0 Å². The van der Waals surface area contributed by atoms with E-state index in [0.29, 0.717) is 32.9 Å². The van der Waals surface area contributed by atoms with Gasteiger partial charge in [-0.2, -0.15) is 0 Å². The minimum atomic E-state index is 0.543. The van der Waals surface area contributed by atoms with Crippen molar-refractivity contribution in [3.05, 3.63) is 45.4 Å². The molecule has 0 bridgehead atoms. The van der Waals surface area contributed by atoms with Gasteiger partial charge in [0.1, 0.15) is 12.4 Å². The van der Waals surface area contributed by atoms with E-state index in [-0.39, 0.29) is 0 Å². The Kier molecular flexibility index (Phi) is 9.07. The molecule has 0 unspecified atom stereocenters. The van der Waals surface area contributed by atoms with E-state index >= 15 is 0 Å². The SMILES string of the molecule is CCOCCOc1cc(C)ccc1CNC(=NC)NCc1csc(CC)n1. The fourth-order valence-electron chi connectivity index (χ4n) is 2.46. The normalized spacial score (nSPS) is 11.5. The van der Waals surface area contributed by atoms with Gasteiger partial charge in [0, 0.05) is 31.1 Å². The summed E-state index contributed by atoms with van der Waals surface area (Å²) in [5.74, 6) is 1.62. The van der Waals surface area contributed by atoms with E-state index in [1.165, 1.54) is 5.56 Å². The predicted molar refractivity (Wildman–Crippen MR) is 112 cm³/mol. The van der Waals surface area contributed by atoms with Crippen LogP contribution in [0.2, 0.25) is 0 Å². The Morgan fingerprint density at radius 3 is 2.70 bits per heavy atom. The number of guanidine groups is 1. The van der Waals surface area contributed by atoms with E-state index in [4.69, 9.17) is 9.47 Å². The van der Waals surface area contributed by atoms with Crippen LogP contribution >= 0.6 is 11.3 Å². The lowest BCUT2D eigenvalue weighted by Gasteiger charge is -2.15. The lowest BCUT2D eigenvalue weighted by molar-refractivity contribution is 0.110. The van der Waals surface area contributed by atoms with Crippen molar-refractivity contribution in [1.82, 2.24) is 15.6 Å². The smallest absolute Gasteiger partial charge is 0.191 e. The summed E-state index contributed by atoms with van der Waals surface area (Å²) >= 11 is 1.70. The first-order valence-corrected chi connectivity index (χ1v) is 10.2. The molecular weight excluding hydrogens is 360 g/mol. The fourth-order valence-corrected chi connectivity index (χ4v) is 3.21. The molecular formula is C20H30N4O2S. The highest BCUT2D eigenvalue weighted by molar-refractivity contribution is 7.09. The molecule has 7 heteroatoms. The maximum atomic E-state index is 5.90. The number of hydrogen-bond donors (Lipinski definition) is 2. The summed E-state index contributed by atoms with van der Waals surface area (Å²) in [5, 5.41) is 9.89. The number of aliphatic imine (C=N–C) groups is 1. The van der Waals surface area contributed by atoms with Crippen molar-refractivity contribution in [2.45, 2.75) is 40.3 Å². The minimum absolute atomic E-state index is 0.543. The molecule has 6 nitrogen and oxygen atoms in total. The molecule has 0 aliphatic carbocycles. The molecule has 0 atom stereocenters. The van der Waals surface area contributed by atoms with E-state index in [1.54, 1.807) is 18.4 Å². The molecule has 2 N–H and O–H groups in total. The molecule has 0 radical (unpaired) electrons. The van der Waals surface area contributed by atoms with Gasteiger partial charge in [-0.3, -0.25) is 4.99 Å². The molecule has 27 heavy (non-hydrogen) atoms. The van der Waals surface area contributed by atoms with Crippen molar-refractivity contribution in [2.24, 2.45) is 4.99 Å². The fraction of sp³-hybridized carbons (Fsp3) is 0.500. The second kappa shape index (κ2) is 11.6. The van der Waals surface area contributed by atoms with Gasteiger partial charge in [0.15, 0.2) is 5.96 Å². The zero-order valence-corrected chi connectivity index (χ0v) is 17.5. The summed E-state index contributed by atoms with van der Waals surface area (Å²) in [6, 6.07) is 6.23. The zero-order valence-electron chi connectivity index (χ0n) is 16.7. The average Bonchev–Trinajstić information content (AvgIpc) is 3.14. The summed E-state index contributed by atoms with van der Waals surface area (Å²) in [5.41, 5.74) is 3.29. The van der Waals surface area contributed by atoms with Crippen LogP contribution in [0.25, 0.3) is 0 Å². The van der Waals surface area contributed by atoms with Gasteiger partial charge in [0.05, 0.1) is 23.9 Å². The third-order valence-electron chi connectivity index (χ3n) is 3.92. The Morgan fingerprint density at radius 1 is 1.19 bits per heavy atom. The molecule has 2 rings (SSSR count). The lowest BCUT2D eigenvalue weighted by Crippen LogP contribution is -2.36. The summed E-state index contributed by atoms with van der Waals surface area (Å²) in [7, 11) is 1.77. The molecule has 2 aromatic rings. The molecule has 1 heterocycles. The second-order valence-electron chi connectivity index (χ2n) is 6.02. The molecule has 0 aliphatic heterocycles. The number of hydrogen-bond acceptors (Lipinski definition) is 5. The van der Waals surface area contributed by atoms with Gasteiger partial charge in [-0.15, -0.1) is 11.3 Å². The molecule has 1 aromatic carbocycles. The standard InChI is InChI=1S/C20H30N4O2S/c1-5-19-24-17(14-27-19)13-23-20(21-4)22-12-16-8-7-15(3)11-18(16)26-10-9-25-6-2/h7-8,11,14H,5-6,9-10,12-13H2,1-4H3,(H2,21,22,23). The number of thiazole rings is 1. The third kappa shape index (κ3) is 7.19. The number of aromatic nitrogens is 1. The van der Waals surface area contributed by atoms with Crippen molar-refractivity contribution in [1.29, 1.82) is 0 Å². The second-order valence-corrected chi connectivity index (χ2v) is 6.96. The van der Waals surface area contributed by atoms with Crippen molar-refractivity contribution in [2.75, 3.05) is 26.9 Å². The lowest BCUT2D eigenvalue weighted by atomic mass is 10.1. The Bertz CT molecular complexity index is 731. The Labute approximate surface area is 166 Å². The molecule has 0 amide bonds. The quantitative estimate of drug-likeness (QED) is 0.370. The van der Waals surface area contributed by atoms with Crippen molar-refractivity contribution >= 4 is 17.3 Å². The van der Waals surface area contributed by atoms with Crippen LogP contribution in [0.5, 0.6) is 5.75 Å². The Balaban J connectivity index is 1.89. The van der Waals surface area contributed by atoms with Crippen LogP contribution in [0.15, 0.2) is 28.6 Å². The van der Waals surface area contributed by atoms with Gasteiger partial charge in [0.2, 0.25) is 0 Å². The molecule has 0 fully saturated rings. The van der Waals surface area contributed by atoms with E-state index in [0.717, 1.165) is 34.4 Å². The van der Waals surface area contributed by atoms with Crippen LogP contribution < -0.4 is 15.4 Å². The molecule has 148 valence electrons. The van der Waals surface area contributed by atoms with Crippen LogP contribution in [0.1, 0.15) is 35.7 Å². The number of nitrogens with zero attached hydrogens (tertiary/aromatic N) is 2. The average molecular weight is 391 g/mol. The summed E-state index contributed by atoms with van der Waals surface area (Å²) in [6.07, 6.45) is 0.969. The van der Waals surface area contributed by atoms with Gasteiger partial charge in [-0.05, 0) is 31.9 Å². The van der Waals surface area contributed by atoms with Crippen LogP contribution in [-0.4, -0.2) is 37.8 Å². The van der Waals surface area contributed by atoms with E-state index < -0.39 is 0 Å². The van der Waals surface area contributed by atoms with Crippen LogP contribution in [0, 0.1) is 6.92 Å². The topological polar surface area (TPSA) is 67.8 Å². The number of rotatable bonds is 10. The van der Waals surface area contributed by atoms with E-state index in [2.05, 4.69) is 58.0 Å². The molecule has 1 aromatic heterocycles. The van der Waals surface area contributed by atoms with E-state index in [1.807, 2.05) is 6.92 Å².